The maximum Gasteiger partial charge on any atom is 0.122 e. The molecule has 1 fully saturated rings. The van der Waals surface area contributed by atoms with Crippen LogP contribution in [0, 0.1) is 13.8 Å². The van der Waals surface area contributed by atoms with Crippen LogP contribution in [0.4, 0.5) is 0 Å². The van der Waals surface area contributed by atoms with Crippen LogP contribution in [0.5, 0.6) is 5.75 Å². The van der Waals surface area contributed by atoms with Crippen molar-refractivity contribution in [3.8, 4) is 5.75 Å². The van der Waals surface area contributed by atoms with Crippen molar-refractivity contribution in [2.45, 2.75) is 26.4 Å². The third-order valence-corrected chi connectivity index (χ3v) is 3.10. The lowest BCUT2D eigenvalue weighted by atomic mass is 9.93. The molecule has 0 radical (unpaired) electrons. The Hall–Kier alpha value is -1.02. The molecule has 0 N–H and O–H groups in total. The molecule has 1 atom stereocenters. The van der Waals surface area contributed by atoms with Crippen LogP contribution in [0.25, 0.3) is 0 Å². The molecule has 0 bridgehead atoms. The van der Waals surface area contributed by atoms with Crippen LogP contribution in [0.3, 0.4) is 0 Å². The highest BCUT2D eigenvalue weighted by atomic mass is 16.6. The van der Waals surface area contributed by atoms with E-state index in [2.05, 4.69) is 26.8 Å². The SMILES string of the molecule is COc1ccc(C2(C)CO2)c(C)c1C. The fraction of sp³-hybridized carbons (Fsp3) is 0.500. The van der Waals surface area contributed by atoms with Gasteiger partial charge in [0.2, 0.25) is 0 Å². The van der Waals surface area contributed by atoms with E-state index in [1.54, 1.807) is 7.11 Å². The fourth-order valence-electron chi connectivity index (χ4n) is 1.85. The Morgan fingerprint density at radius 3 is 2.43 bits per heavy atom. The molecule has 0 aliphatic carbocycles. The quantitative estimate of drug-likeness (QED) is 0.672. The Balaban J connectivity index is 2.49. The van der Waals surface area contributed by atoms with Crippen molar-refractivity contribution in [3.05, 3.63) is 28.8 Å². The molecule has 1 aromatic rings. The summed E-state index contributed by atoms with van der Waals surface area (Å²) in [7, 11) is 1.71. The second-order valence-corrected chi connectivity index (χ2v) is 4.08. The van der Waals surface area contributed by atoms with Gasteiger partial charge >= 0.3 is 0 Å². The van der Waals surface area contributed by atoms with Crippen molar-refractivity contribution < 1.29 is 9.47 Å². The lowest BCUT2D eigenvalue weighted by Gasteiger charge is -2.14. The van der Waals surface area contributed by atoms with Gasteiger partial charge in [0.15, 0.2) is 0 Å². The Labute approximate surface area is 84.8 Å². The normalized spacial score (nSPS) is 24.9. The molecule has 14 heavy (non-hydrogen) atoms. The zero-order valence-electron chi connectivity index (χ0n) is 9.18. The summed E-state index contributed by atoms with van der Waals surface area (Å²) in [5, 5.41) is 0. The lowest BCUT2D eigenvalue weighted by molar-refractivity contribution is 0.328. The van der Waals surface area contributed by atoms with Crippen molar-refractivity contribution in [1.29, 1.82) is 0 Å². The second kappa shape index (κ2) is 2.99. The number of hydrogen-bond donors (Lipinski definition) is 0. The predicted octanol–water partition coefficient (Wildman–Crippen LogP) is 2.56. The van der Waals surface area contributed by atoms with Gasteiger partial charge in [-0.05, 0) is 43.5 Å². The van der Waals surface area contributed by atoms with Crippen molar-refractivity contribution in [2.75, 3.05) is 13.7 Å². The molecule has 2 rings (SSSR count). The number of rotatable bonds is 2. The summed E-state index contributed by atoms with van der Waals surface area (Å²) in [6.07, 6.45) is 0. The van der Waals surface area contributed by atoms with E-state index in [1.165, 1.54) is 16.7 Å². The number of epoxide rings is 1. The fourth-order valence-corrected chi connectivity index (χ4v) is 1.85. The smallest absolute Gasteiger partial charge is 0.122 e. The van der Waals surface area contributed by atoms with Crippen molar-refractivity contribution >= 4 is 0 Å². The van der Waals surface area contributed by atoms with Gasteiger partial charge in [-0.1, -0.05) is 6.07 Å². The lowest BCUT2D eigenvalue weighted by Crippen LogP contribution is -2.06. The Morgan fingerprint density at radius 1 is 1.29 bits per heavy atom. The molecule has 1 aliphatic rings. The average molecular weight is 192 g/mol. The highest BCUT2D eigenvalue weighted by Gasteiger charge is 2.42. The van der Waals surface area contributed by atoms with Gasteiger partial charge in [-0.25, -0.2) is 0 Å². The summed E-state index contributed by atoms with van der Waals surface area (Å²) in [6.45, 7) is 7.17. The first kappa shape index (κ1) is 9.53. The van der Waals surface area contributed by atoms with E-state index in [0.717, 1.165) is 12.4 Å². The second-order valence-electron chi connectivity index (χ2n) is 4.08. The molecule has 0 spiro atoms. The standard InChI is InChI=1S/C12H16O2/c1-8-9(2)11(13-4)6-5-10(8)12(3)7-14-12/h5-6H,7H2,1-4H3. The Kier molecular flexibility index (Phi) is 2.04. The van der Waals surface area contributed by atoms with Crippen LogP contribution in [-0.4, -0.2) is 13.7 Å². The molecule has 2 nitrogen and oxygen atoms in total. The van der Waals surface area contributed by atoms with E-state index in [0.29, 0.717) is 0 Å². The summed E-state index contributed by atoms with van der Waals surface area (Å²) < 4.78 is 10.7. The molecule has 1 unspecified atom stereocenters. The molecule has 1 heterocycles. The average Bonchev–Trinajstić information content (AvgIpc) is 2.89. The summed E-state index contributed by atoms with van der Waals surface area (Å²) in [6, 6.07) is 4.12. The van der Waals surface area contributed by atoms with Crippen LogP contribution >= 0.6 is 0 Å². The van der Waals surface area contributed by atoms with Gasteiger partial charge in [-0.3, -0.25) is 0 Å². The molecule has 0 amide bonds. The highest BCUT2D eigenvalue weighted by molar-refractivity contribution is 5.46. The molecular formula is C12H16O2. The van der Waals surface area contributed by atoms with Crippen LogP contribution in [0.1, 0.15) is 23.6 Å². The molecular weight excluding hydrogens is 176 g/mol. The zero-order chi connectivity index (χ0) is 10.3. The number of benzene rings is 1. The predicted molar refractivity (Wildman–Crippen MR) is 55.8 cm³/mol. The number of methoxy groups -OCH3 is 1. The van der Waals surface area contributed by atoms with E-state index in [4.69, 9.17) is 9.47 Å². The molecule has 1 aromatic carbocycles. The molecule has 1 aliphatic heterocycles. The van der Waals surface area contributed by atoms with E-state index in [9.17, 15) is 0 Å². The van der Waals surface area contributed by atoms with Crippen LogP contribution in [0.15, 0.2) is 12.1 Å². The summed E-state index contributed by atoms with van der Waals surface area (Å²) in [4.78, 5) is 0. The summed E-state index contributed by atoms with van der Waals surface area (Å²) >= 11 is 0. The zero-order valence-corrected chi connectivity index (χ0v) is 9.18. The molecule has 2 heteroatoms. The summed E-state index contributed by atoms with van der Waals surface area (Å²) in [5.41, 5.74) is 3.74. The first-order valence-corrected chi connectivity index (χ1v) is 4.87. The summed E-state index contributed by atoms with van der Waals surface area (Å²) in [5.74, 6) is 0.954. The van der Waals surface area contributed by atoms with E-state index < -0.39 is 0 Å². The van der Waals surface area contributed by atoms with E-state index in [1.807, 2.05) is 6.07 Å². The van der Waals surface area contributed by atoms with Crippen LogP contribution in [0.2, 0.25) is 0 Å². The minimum atomic E-state index is -0.0406. The molecule has 76 valence electrons. The van der Waals surface area contributed by atoms with Gasteiger partial charge in [0.25, 0.3) is 0 Å². The monoisotopic (exact) mass is 192 g/mol. The largest absolute Gasteiger partial charge is 0.496 e. The van der Waals surface area contributed by atoms with Gasteiger partial charge in [-0.2, -0.15) is 0 Å². The third kappa shape index (κ3) is 1.30. The first-order chi connectivity index (χ1) is 6.58. The van der Waals surface area contributed by atoms with Gasteiger partial charge in [0.1, 0.15) is 11.4 Å². The van der Waals surface area contributed by atoms with Crippen molar-refractivity contribution in [3.63, 3.8) is 0 Å². The van der Waals surface area contributed by atoms with Gasteiger partial charge in [0, 0.05) is 0 Å². The third-order valence-electron chi connectivity index (χ3n) is 3.10. The van der Waals surface area contributed by atoms with Crippen LogP contribution in [-0.2, 0) is 10.3 Å². The number of ether oxygens (including phenoxy) is 2. The molecule has 0 saturated carbocycles. The minimum absolute atomic E-state index is 0.0406. The van der Waals surface area contributed by atoms with Gasteiger partial charge in [-0.15, -0.1) is 0 Å². The van der Waals surface area contributed by atoms with Crippen molar-refractivity contribution in [2.24, 2.45) is 0 Å². The van der Waals surface area contributed by atoms with Crippen molar-refractivity contribution in [1.82, 2.24) is 0 Å². The maximum absolute atomic E-state index is 5.45. The maximum atomic E-state index is 5.45. The Bertz CT molecular complexity index is 365. The number of hydrogen-bond acceptors (Lipinski definition) is 2. The topological polar surface area (TPSA) is 21.8 Å². The molecule has 1 saturated heterocycles. The van der Waals surface area contributed by atoms with E-state index in [-0.39, 0.29) is 5.60 Å². The molecule has 0 aromatic heterocycles. The van der Waals surface area contributed by atoms with Gasteiger partial charge in [0.05, 0.1) is 13.7 Å². The minimum Gasteiger partial charge on any atom is -0.496 e. The Morgan fingerprint density at radius 2 is 1.93 bits per heavy atom. The first-order valence-electron chi connectivity index (χ1n) is 4.87. The van der Waals surface area contributed by atoms with E-state index >= 15 is 0 Å². The van der Waals surface area contributed by atoms with Gasteiger partial charge < -0.3 is 9.47 Å². The van der Waals surface area contributed by atoms with Crippen LogP contribution < -0.4 is 4.74 Å². The highest BCUT2D eigenvalue weighted by Crippen LogP contribution is 2.41.